The standard InChI is InChI=1S/C13H16N6O/c1-7-4-12(18-8(2)17-7)19-11-5-10(14)9(6-16-11)13(20)15-3/h4-6H,1-3H3,(H,15,20)(H3,14,16,17,18,19). The molecule has 2 heterocycles. The molecule has 0 spiro atoms. The fourth-order valence-corrected chi connectivity index (χ4v) is 1.78. The first-order chi connectivity index (χ1) is 9.49. The molecule has 0 saturated carbocycles. The Morgan fingerprint density at radius 1 is 1.20 bits per heavy atom. The van der Waals surface area contributed by atoms with Gasteiger partial charge < -0.3 is 16.4 Å². The van der Waals surface area contributed by atoms with Crippen molar-refractivity contribution in [1.29, 1.82) is 0 Å². The van der Waals surface area contributed by atoms with E-state index < -0.39 is 0 Å². The molecular formula is C13H16N6O. The van der Waals surface area contributed by atoms with Gasteiger partial charge in [0.1, 0.15) is 17.5 Å². The molecule has 0 aromatic carbocycles. The Bertz CT molecular complexity index is 635. The molecule has 20 heavy (non-hydrogen) atoms. The van der Waals surface area contributed by atoms with Crippen molar-refractivity contribution in [3.63, 3.8) is 0 Å². The lowest BCUT2D eigenvalue weighted by Gasteiger charge is -2.09. The van der Waals surface area contributed by atoms with Crippen LogP contribution in [0.1, 0.15) is 21.9 Å². The maximum Gasteiger partial charge on any atom is 0.254 e. The van der Waals surface area contributed by atoms with E-state index in [9.17, 15) is 4.79 Å². The van der Waals surface area contributed by atoms with Gasteiger partial charge in [-0.05, 0) is 13.8 Å². The van der Waals surface area contributed by atoms with Gasteiger partial charge in [-0.1, -0.05) is 0 Å². The SMILES string of the molecule is CNC(=O)c1cnc(Nc2cc(C)nc(C)n2)cc1N. The summed E-state index contributed by atoms with van der Waals surface area (Å²) in [5, 5.41) is 5.54. The van der Waals surface area contributed by atoms with Crippen LogP contribution in [-0.4, -0.2) is 27.9 Å². The molecule has 0 aliphatic heterocycles. The molecule has 1 amide bonds. The highest BCUT2D eigenvalue weighted by Gasteiger charge is 2.10. The minimum Gasteiger partial charge on any atom is -0.398 e. The van der Waals surface area contributed by atoms with Crippen LogP contribution < -0.4 is 16.4 Å². The van der Waals surface area contributed by atoms with Gasteiger partial charge in [0, 0.05) is 36.8 Å². The summed E-state index contributed by atoms with van der Waals surface area (Å²) in [5.41, 5.74) is 7.39. The Morgan fingerprint density at radius 2 is 1.95 bits per heavy atom. The first kappa shape index (κ1) is 13.7. The summed E-state index contributed by atoms with van der Waals surface area (Å²) in [5.74, 6) is 1.56. The zero-order valence-corrected chi connectivity index (χ0v) is 11.6. The molecular weight excluding hydrogens is 256 g/mol. The van der Waals surface area contributed by atoms with E-state index in [0.29, 0.717) is 28.7 Å². The van der Waals surface area contributed by atoms with Gasteiger partial charge in [0.2, 0.25) is 0 Å². The molecule has 2 aromatic heterocycles. The Morgan fingerprint density at radius 3 is 2.55 bits per heavy atom. The lowest BCUT2D eigenvalue weighted by Crippen LogP contribution is -2.19. The lowest BCUT2D eigenvalue weighted by molar-refractivity contribution is 0.0963. The van der Waals surface area contributed by atoms with Crippen LogP contribution in [0.2, 0.25) is 0 Å². The Kier molecular flexibility index (Phi) is 3.79. The van der Waals surface area contributed by atoms with E-state index in [1.54, 1.807) is 19.2 Å². The molecule has 0 bridgehead atoms. The van der Waals surface area contributed by atoms with Crippen LogP contribution in [0.3, 0.4) is 0 Å². The van der Waals surface area contributed by atoms with E-state index in [4.69, 9.17) is 5.73 Å². The number of aromatic nitrogens is 3. The van der Waals surface area contributed by atoms with Gasteiger partial charge in [0.25, 0.3) is 5.91 Å². The highest BCUT2D eigenvalue weighted by atomic mass is 16.1. The van der Waals surface area contributed by atoms with E-state index in [2.05, 4.69) is 25.6 Å². The van der Waals surface area contributed by atoms with Crippen LogP contribution in [0, 0.1) is 13.8 Å². The largest absolute Gasteiger partial charge is 0.398 e. The van der Waals surface area contributed by atoms with Crippen LogP contribution in [0.4, 0.5) is 17.3 Å². The number of nitrogens with one attached hydrogen (secondary N) is 2. The first-order valence-corrected chi connectivity index (χ1v) is 6.06. The molecule has 104 valence electrons. The molecule has 0 radical (unpaired) electrons. The van der Waals surface area contributed by atoms with Crippen LogP contribution in [0.25, 0.3) is 0 Å². The molecule has 7 nitrogen and oxygen atoms in total. The molecule has 2 aromatic rings. The third-order valence-electron chi connectivity index (χ3n) is 2.63. The van der Waals surface area contributed by atoms with E-state index in [-0.39, 0.29) is 5.91 Å². The number of carbonyl (C=O) groups excluding carboxylic acids is 1. The summed E-state index contributed by atoms with van der Waals surface area (Å²) >= 11 is 0. The smallest absolute Gasteiger partial charge is 0.254 e. The van der Waals surface area contributed by atoms with Crippen LogP contribution >= 0.6 is 0 Å². The summed E-state index contributed by atoms with van der Waals surface area (Å²) in [6.45, 7) is 3.70. The average Bonchev–Trinajstić information content (AvgIpc) is 2.36. The predicted octanol–water partition coefficient (Wildman–Crippen LogP) is 1.17. The highest BCUT2D eigenvalue weighted by molar-refractivity contribution is 5.99. The van der Waals surface area contributed by atoms with E-state index >= 15 is 0 Å². The van der Waals surface area contributed by atoms with Crippen molar-refractivity contribution in [1.82, 2.24) is 20.3 Å². The molecule has 0 fully saturated rings. The molecule has 0 unspecified atom stereocenters. The maximum absolute atomic E-state index is 11.5. The molecule has 0 aliphatic rings. The summed E-state index contributed by atoms with van der Waals surface area (Å²) in [7, 11) is 1.54. The number of rotatable bonds is 3. The number of nitrogen functional groups attached to an aromatic ring is 1. The number of hydrogen-bond donors (Lipinski definition) is 3. The van der Waals surface area contributed by atoms with Crippen molar-refractivity contribution in [3.05, 3.63) is 35.4 Å². The topological polar surface area (TPSA) is 106 Å². The fourth-order valence-electron chi connectivity index (χ4n) is 1.78. The fraction of sp³-hybridized carbons (Fsp3) is 0.231. The van der Waals surface area contributed by atoms with Gasteiger partial charge in [0.05, 0.1) is 5.56 Å². The number of nitrogens with two attached hydrogens (primary N) is 1. The van der Waals surface area contributed by atoms with E-state index in [1.807, 2.05) is 13.8 Å². The van der Waals surface area contributed by atoms with E-state index in [1.165, 1.54) is 6.20 Å². The summed E-state index contributed by atoms with van der Waals surface area (Å²) in [4.78, 5) is 24.1. The zero-order chi connectivity index (χ0) is 14.7. The second-order valence-electron chi connectivity index (χ2n) is 4.30. The predicted molar refractivity (Wildman–Crippen MR) is 76.8 cm³/mol. The molecule has 7 heteroatoms. The highest BCUT2D eigenvalue weighted by Crippen LogP contribution is 2.18. The summed E-state index contributed by atoms with van der Waals surface area (Å²) < 4.78 is 0. The second-order valence-corrected chi connectivity index (χ2v) is 4.30. The number of anilines is 3. The second kappa shape index (κ2) is 5.52. The van der Waals surface area contributed by atoms with Gasteiger partial charge in [-0.15, -0.1) is 0 Å². The quantitative estimate of drug-likeness (QED) is 0.774. The molecule has 0 aliphatic carbocycles. The lowest BCUT2D eigenvalue weighted by atomic mass is 10.2. The Labute approximate surface area is 116 Å². The third kappa shape index (κ3) is 3.00. The minimum absolute atomic E-state index is 0.268. The summed E-state index contributed by atoms with van der Waals surface area (Å²) in [6, 6.07) is 3.40. The van der Waals surface area contributed by atoms with E-state index in [0.717, 1.165) is 5.69 Å². The van der Waals surface area contributed by atoms with Gasteiger partial charge in [-0.25, -0.2) is 15.0 Å². The Balaban J connectivity index is 2.26. The monoisotopic (exact) mass is 272 g/mol. The molecule has 4 N–H and O–H groups in total. The Hall–Kier alpha value is -2.70. The number of aryl methyl sites for hydroxylation is 2. The van der Waals surface area contributed by atoms with Gasteiger partial charge in [-0.2, -0.15) is 0 Å². The number of hydrogen-bond acceptors (Lipinski definition) is 6. The maximum atomic E-state index is 11.5. The van der Waals surface area contributed by atoms with Gasteiger partial charge in [0.15, 0.2) is 0 Å². The number of nitrogens with zero attached hydrogens (tertiary/aromatic N) is 3. The molecule has 2 rings (SSSR count). The van der Waals surface area contributed by atoms with Crippen molar-refractivity contribution in [2.45, 2.75) is 13.8 Å². The number of pyridine rings is 1. The van der Waals surface area contributed by atoms with Crippen molar-refractivity contribution in [2.75, 3.05) is 18.1 Å². The number of carbonyl (C=O) groups is 1. The normalized spacial score (nSPS) is 10.2. The third-order valence-corrected chi connectivity index (χ3v) is 2.63. The van der Waals surface area contributed by atoms with Crippen molar-refractivity contribution in [3.8, 4) is 0 Å². The van der Waals surface area contributed by atoms with Gasteiger partial charge in [-0.3, -0.25) is 4.79 Å². The minimum atomic E-state index is -0.268. The van der Waals surface area contributed by atoms with Crippen LogP contribution in [-0.2, 0) is 0 Å². The van der Waals surface area contributed by atoms with Crippen LogP contribution in [0.5, 0.6) is 0 Å². The summed E-state index contributed by atoms with van der Waals surface area (Å²) in [6.07, 6.45) is 1.43. The van der Waals surface area contributed by atoms with Crippen molar-refractivity contribution >= 4 is 23.2 Å². The average molecular weight is 272 g/mol. The number of amides is 1. The molecule has 0 atom stereocenters. The van der Waals surface area contributed by atoms with Gasteiger partial charge >= 0.3 is 0 Å². The van der Waals surface area contributed by atoms with Crippen LogP contribution in [0.15, 0.2) is 18.3 Å². The van der Waals surface area contributed by atoms with Crippen molar-refractivity contribution in [2.24, 2.45) is 0 Å². The van der Waals surface area contributed by atoms with Crippen molar-refractivity contribution < 1.29 is 4.79 Å². The first-order valence-electron chi connectivity index (χ1n) is 6.06. The zero-order valence-electron chi connectivity index (χ0n) is 11.6. The molecule has 0 saturated heterocycles.